The van der Waals surface area contributed by atoms with Crippen molar-refractivity contribution in [1.29, 1.82) is 0 Å². The van der Waals surface area contributed by atoms with E-state index < -0.39 is 0 Å². The second kappa shape index (κ2) is 7.70. The molecule has 1 aliphatic heterocycles. The second-order valence-electron chi connectivity index (χ2n) is 5.36. The van der Waals surface area contributed by atoms with Gasteiger partial charge in [-0.2, -0.15) is 0 Å². The Kier molecular flexibility index (Phi) is 5.91. The summed E-state index contributed by atoms with van der Waals surface area (Å²) in [7, 11) is 1.52. The van der Waals surface area contributed by atoms with E-state index in [0.29, 0.717) is 54.6 Å². The van der Waals surface area contributed by atoms with Gasteiger partial charge in [-0.3, -0.25) is 4.79 Å². The fourth-order valence-electron chi connectivity index (χ4n) is 2.44. The number of nitrogens with zero attached hydrogens (tertiary/aromatic N) is 1. The van der Waals surface area contributed by atoms with Crippen LogP contribution in [0.3, 0.4) is 0 Å². The largest absolute Gasteiger partial charge is 0.493 e. The number of hydrogen-bond donors (Lipinski definition) is 1. The van der Waals surface area contributed by atoms with Gasteiger partial charge in [0.1, 0.15) is 0 Å². The van der Waals surface area contributed by atoms with Crippen LogP contribution < -0.4 is 9.47 Å². The first-order chi connectivity index (χ1) is 10.6. The Balaban J connectivity index is 2.20. The minimum atomic E-state index is -0.313. The van der Waals surface area contributed by atoms with E-state index in [1.165, 1.54) is 7.11 Å². The molecule has 1 heterocycles. The molecule has 1 fully saturated rings. The molecule has 0 aromatic heterocycles. The number of benzene rings is 1. The number of aliphatic hydroxyl groups excluding tert-OH is 1. The Hall–Kier alpha value is -1.46. The van der Waals surface area contributed by atoms with Crippen LogP contribution in [-0.2, 0) is 0 Å². The molecule has 1 N–H and O–H groups in total. The van der Waals surface area contributed by atoms with Gasteiger partial charge in [0.15, 0.2) is 11.5 Å². The first kappa shape index (κ1) is 16.9. The summed E-state index contributed by atoms with van der Waals surface area (Å²) in [5.74, 6) is 0.826. The van der Waals surface area contributed by atoms with Crippen LogP contribution in [0.5, 0.6) is 11.5 Å². The number of methoxy groups -OCH3 is 1. The Morgan fingerprint density at radius 3 is 2.68 bits per heavy atom. The maximum atomic E-state index is 12.5. The van der Waals surface area contributed by atoms with Crippen LogP contribution in [0.25, 0.3) is 0 Å². The topological polar surface area (TPSA) is 59.0 Å². The molecule has 0 bridgehead atoms. The highest BCUT2D eigenvalue weighted by atomic mass is 35.5. The van der Waals surface area contributed by atoms with E-state index in [1.54, 1.807) is 17.0 Å². The van der Waals surface area contributed by atoms with Crippen LogP contribution in [0.2, 0.25) is 5.02 Å². The lowest BCUT2D eigenvalue weighted by Crippen LogP contribution is -2.40. The van der Waals surface area contributed by atoms with Crippen LogP contribution in [0.4, 0.5) is 0 Å². The standard InChI is InChI=1S/C16H22ClNO4/c1-3-8-22-15-13(17)9-11(10-14(15)21-2)16(20)18-6-4-12(19)5-7-18/h9-10,12,19H,3-8H2,1-2H3. The molecule has 0 saturated carbocycles. The zero-order chi connectivity index (χ0) is 16.1. The number of aliphatic hydroxyl groups is 1. The highest BCUT2D eigenvalue weighted by Crippen LogP contribution is 2.37. The van der Waals surface area contributed by atoms with Crippen LogP contribution >= 0.6 is 11.6 Å². The summed E-state index contributed by atoms with van der Waals surface area (Å²) in [4.78, 5) is 14.3. The zero-order valence-electron chi connectivity index (χ0n) is 13.0. The number of likely N-dealkylation sites (tertiary alicyclic amines) is 1. The van der Waals surface area contributed by atoms with E-state index in [-0.39, 0.29) is 12.0 Å². The summed E-state index contributed by atoms with van der Waals surface area (Å²) in [5, 5.41) is 9.90. The van der Waals surface area contributed by atoms with Gasteiger partial charge in [-0.1, -0.05) is 18.5 Å². The molecule has 1 amide bonds. The first-order valence-electron chi connectivity index (χ1n) is 7.54. The van der Waals surface area contributed by atoms with Gasteiger partial charge < -0.3 is 19.5 Å². The molecule has 0 unspecified atom stereocenters. The molecule has 1 aromatic rings. The lowest BCUT2D eigenvalue weighted by Gasteiger charge is -2.29. The lowest BCUT2D eigenvalue weighted by atomic mass is 10.1. The highest BCUT2D eigenvalue weighted by Gasteiger charge is 2.24. The first-order valence-corrected chi connectivity index (χ1v) is 7.92. The van der Waals surface area contributed by atoms with E-state index in [0.717, 1.165) is 6.42 Å². The summed E-state index contributed by atoms with van der Waals surface area (Å²) >= 11 is 6.24. The number of amides is 1. The van der Waals surface area contributed by atoms with E-state index in [9.17, 15) is 9.90 Å². The van der Waals surface area contributed by atoms with Gasteiger partial charge in [0.25, 0.3) is 5.91 Å². The summed E-state index contributed by atoms with van der Waals surface area (Å²) < 4.78 is 10.9. The maximum absolute atomic E-state index is 12.5. The van der Waals surface area contributed by atoms with Crippen molar-refractivity contribution in [2.75, 3.05) is 26.8 Å². The molecule has 122 valence electrons. The average Bonchev–Trinajstić information content (AvgIpc) is 2.53. The molecule has 6 heteroatoms. The minimum Gasteiger partial charge on any atom is -0.493 e. The quantitative estimate of drug-likeness (QED) is 0.903. The van der Waals surface area contributed by atoms with Crippen LogP contribution in [0.15, 0.2) is 12.1 Å². The van der Waals surface area contributed by atoms with E-state index >= 15 is 0 Å². The lowest BCUT2D eigenvalue weighted by molar-refractivity contribution is 0.0546. The second-order valence-corrected chi connectivity index (χ2v) is 5.77. The molecular weight excluding hydrogens is 306 g/mol. The monoisotopic (exact) mass is 327 g/mol. The maximum Gasteiger partial charge on any atom is 0.254 e. The van der Waals surface area contributed by atoms with Crippen LogP contribution in [-0.4, -0.2) is 48.8 Å². The third kappa shape index (κ3) is 3.84. The van der Waals surface area contributed by atoms with Gasteiger partial charge in [-0.15, -0.1) is 0 Å². The number of hydrogen-bond acceptors (Lipinski definition) is 4. The number of halogens is 1. The predicted molar refractivity (Wildman–Crippen MR) is 84.9 cm³/mol. The summed E-state index contributed by atoms with van der Waals surface area (Å²) in [6.07, 6.45) is 1.76. The summed E-state index contributed by atoms with van der Waals surface area (Å²) in [6, 6.07) is 3.27. The van der Waals surface area contributed by atoms with Gasteiger partial charge in [0.05, 0.1) is 24.8 Å². The van der Waals surface area contributed by atoms with Crippen molar-refractivity contribution in [3.8, 4) is 11.5 Å². The SMILES string of the molecule is CCCOc1c(Cl)cc(C(=O)N2CCC(O)CC2)cc1OC. The molecule has 1 saturated heterocycles. The molecule has 1 aromatic carbocycles. The fourth-order valence-corrected chi connectivity index (χ4v) is 2.70. The zero-order valence-corrected chi connectivity index (χ0v) is 13.7. The van der Waals surface area contributed by atoms with Gasteiger partial charge in [0.2, 0.25) is 0 Å². The normalized spacial score (nSPS) is 15.7. The number of rotatable bonds is 5. The Morgan fingerprint density at radius 2 is 2.09 bits per heavy atom. The molecule has 0 radical (unpaired) electrons. The van der Waals surface area contributed by atoms with E-state index in [2.05, 4.69) is 0 Å². The molecular formula is C16H22ClNO4. The summed E-state index contributed by atoms with van der Waals surface area (Å²) in [5.41, 5.74) is 0.474. The number of ether oxygens (including phenoxy) is 2. The number of piperidine rings is 1. The van der Waals surface area contributed by atoms with Crippen LogP contribution in [0.1, 0.15) is 36.5 Å². The van der Waals surface area contributed by atoms with Crippen molar-refractivity contribution >= 4 is 17.5 Å². The van der Waals surface area contributed by atoms with Crippen molar-refractivity contribution in [2.45, 2.75) is 32.3 Å². The molecule has 5 nitrogen and oxygen atoms in total. The smallest absolute Gasteiger partial charge is 0.254 e. The molecule has 0 spiro atoms. The number of carbonyl (C=O) groups is 1. The Labute approximate surface area is 135 Å². The van der Waals surface area contributed by atoms with Crippen molar-refractivity contribution < 1.29 is 19.4 Å². The van der Waals surface area contributed by atoms with Gasteiger partial charge in [0, 0.05) is 18.7 Å². The third-order valence-corrected chi connectivity index (χ3v) is 3.96. The third-order valence-electron chi connectivity index (χ3n) is 3.68. The molecule has 0 aliphatic carbocycles. The summed E-state index contributed by atoms with van der Waals surface area (Å²) in [6.45, 7) is 3.64. The van der Waals surface area contributed by atoms with Gasteiger partial charge in [-0.05, 0) is 31.4 Å². The van der Waals surface area contributed by atoms with Gasteiger partial charge >= 0.3 is 0 Å². The van der Waals surface area contributed by atoms with Crippen LogP contribution in [0, 0.1) is 0 Å². The fraction of sp³-hybridized carbons (Fsp3) is 0.562. The minimum absolute atomic E-state index is 0.103. The van der Waals surface area contributed by atoms with Gasteiger partial charge in [-0.25, -0.2) is 0 Å². The Morgan fingerprint density at radius 1 is 1.41 bits per heavy atom. The van der Waals surface area contributed by atoms with Crippen molar-refractivity contribution in [3.05, 3.63) is 22.7 Å². The average molecular weight is 328 g/mol. The highest BCUT2D eigenvalue weighted by molar-refractivity contribution is 6.32. The van der Waals surface area contributed by atoms with E-state index in [1.807, 2.05) is 6.92 Å². The molecule has 2 rings (SSSR count). The number of carbonyl (C=O) groups excluding carboxylic acids is 1. The molecule has 0 atom stereocenters. The predicted octanol–water partition coefficient (Wildman–Crippen LogP) is 2.73. The molecule has 22 heavy (non-hydrogen) atoms. The Bertz CT molecular complexity index is 527. The van der Waals surface area contributed by atoms with Crippen molar-refractivity contribution in [2.24, 2.45) is 0 Å². The molecule has 1 aliphatic rings. The van der Waals surface area contributed by atoms with E-state index in [4.69, 9.17) is 21.1 Å². The van der Waals surface area contributed by atoms with Crippen molar-refractivity contribution in [1.82, 2.24) is 4.90 Å². The van der Waals surface area contributed by atoms with Crippen molar-refractivity contribution in [3.63, 3.8) is 0 Å².